The van der Waals surface area contributed by atoms with Crippen LogP contribution in [0.25, 0.3) is 0 Å². The van der Waals surface area contributed by atoms with E-state index in [1.807, 2.05) is 12.1 Å². The summed E-state index contributed by atoms with van der Waals surface area (Å²) in [4.78, 5) is 23.0. The van der Waals surface area contributed by atoms with E-state index in [2.05, 4.69) is 11.4 Å². The highest BCUT2D eigenvalue weighted by atomic mass is 32.2. The van der Waals surface area contributed by atoms with Crippen LogP contribution < -0.4 is 11.1 Å². The van der Waals surface area contributed by atoms with Gasteiger partial charge in [-0.15, -0.1) is 11.8 Å². The highest BCUT2D eigenvalue weighted by Gasteiger charge is 2.06. The lowest BCUT2D eigenvalue weighted by Crippen LogP contribution is -2.15. The number of anilines is 1. The number of amides is 2. The van der Waals surface area contributed by atoms with Crippen LogP contribution in [0.3, 0.4) is 0 Å². The predicted octanol–water partition coefficient (Wildman–Crippen LogP) is 2.53. The molecule has 0 bridgehead atoms. The number of benzene rings is 2. The lowest BCUT2D eigenvalue weighted by molar-refractivity contribution is -0.113. The number of carbonyl (C=O) groups excluding carboxylic acids is 2. The quantitative estimate of drug-likeness (QED) is 0.853. The van der Waals surface area contributed by atoms with Crippen molar-refractivity contribution in [3.63, 3.8) is 0 Å². The van der Waals surface area contributed by atoms with Crippen LogP contribution in [-0.2, 0) is 10.5 Å². The topological polar surface area (TPSA) is 96.0 Å². The fraction of sp³-hybridized carbons (Fsp3) is 0.118. The summed E-state index contributed by atoms with van der Waals surface area (Å²) in [5, 5.41) is 11.5. The van der Waals surface area contributed by atoms with Gasteiger partial charge in [-0.05, 0) is 35.9 Å². The zero-order valence-corrected chi connectivity index (χ0v) is 13.1. The molecule has 0 fully saturated rings. The molecule has 0 aromatic heterocycles. The van der Waals surface area contributed by atoms with E-state index in [9.17, 15) is 9.59 Å². The number of thioether (sulfide) groups is 1. The average Bonchev–Trinajstić information content (AvgIpc) is 2.55. The fourth-order valence-electron chi connectivity index (χ4n) is 1.88. The van der Waals surface area contributed by atoms with Gasteiger partial charge in [0.1, 0.15) is 0 Å². The number of nitrogens with one attached hydrogen (secondary N) is 1. The molecule has 23 heavy (non-hydrogen) atoms. The van der Waals surface area contributed by atoms with Crippen molar-refractivity contribution in [3.05, 3.63) is 65.2 Å². The molecule has 0 saturated heterocycles. The Balaban J connectivity index is 1.82. The second kappa shape index (κ2) is 8.01. The van der Waals surface area contributed by atoms with Crippen molar-refractivity contribution in [2.75, 3.05) is 11.1 Å². The molecule has 0 radical (unpaired) electrons. The molecule has 0 unspecified atom stereocenters. The Labute approximate surface area is 138 Å². The van der Waals surface area contributed by atoms with E-state index in [1.54, 1.807) is 36.4 Å². The van der Waals surface area contributed by atoms with Gasteiger partial charge in [0.25, 0.3) is 0 Å². The van der Waals surface area contributed by atoms with E-state index in [-0.39, 0.29) is 5.91 Å². The van der Waals surface area contributed by atoms with Crippen LogP contribution in [0.15, 0.2) is 48.5 Å². The minimum atomic E-state index is -0.531. The van der Waals surface area contributed by atoms with Gasteiger partial charge in [0.2, 0.25) is 11.8 Å². The highest BCUT2D eigenvalue weighted by Crippen LogP contribution is 2.15. The van der Waals surface area contributed by atoms with Gasteiger partial charge in [0, 0.05) is 17.0 Å². The predicted molar refractivity (Wildman–Crippen MR) is 90.9 cm³/mol. The Hall–Kier alpha value is -2.78. The van der Waals surface area contributed by atoms with Gasteiger partial charge in [-0.2, -0.15) is 5.26 Å². The smallest absolute Gasteiger partial charge is 0.248 e. The van der Waals surface area contributed by atoms with Crippen molar-refractivity contribution >= 4 is 29.3 Å². The Morgan fingerprint density at radius 1 is 1.17 bits per heavy atom. The molecule has 116 valence electrons. The first kappa shape index (κ1) is 16.6. The summed E-state index contributed by atoms with van der Waals surface area (Å²) in [7, 11) is 0. The van der Waals surface area contributed by atoms with Crippen LogP contribution in [0.4, 0.5) is 5.69 Å². The zero-order chi connectivity index (χ0) is 16.7. The molecule has 5 nitrogen and oxygen atoms in total. The van der Waals surface area contributed by atoms with Crippen LogP contribution in [0, 0.1) is 11.3 Å². The Kier molecular flexibility index (Phi) is 5.78. The summed E-state index contributed by atoms with van der Waals surface area (Å²) in [5.74, 6) is 0.294. The number of rotatable bonds is 6. The third-order valence-electron chi connectivity index (χ3n) is 3.02. The third-order valence-corrected chi connectivity index (χ3v) is 4.02. The van der Waals surface area contributed by atoms with Crippen molar-refractivity contribution in [1.82, 2.24) is 0 Å². The molecule has 2 rings (SSSR count). The van der Waals surface area contributed by atoms with Crippen molar-refractivity contribution in [3.8, 4) is 6.07 Å². The van der Waals surface area contributed by atoms with Crippen LogP contribution in [-0.4, -0.2) is 17.6 Å². The maximum absolute atomic E-state index is 11.9. The van der Waals surface area contributed by atoms with Crippen LogP contribution in [0.1, 0.15) is 21.5 Å². The van der Waals surface area contributed by atoms with E-state index in [0.717, 1.165) is 5.56 Å². The number of primary amides is 1. The minimum absolute atomic E-state index is 0.148. The van der Waals surface area contributed by atoms with Gasteiger partial charge in [0.05, 0.1) is 17.4 Å². The van der Waals surface area contributed by atoms with E-state index < -0.39 is 5.91 Å². The maximum atomic E-state index is 11.9. The van der Waals surface area contributed by atoms with Gasteiger partial charge < -0.3 is 11.1 Å². The molecule has 3 N–H and O–H groups in total. The molecule has 0 atom stereocenters. The van der Waals surface area contributed by atoms with Gasteiger partial charge in [0.15, 0.2) is 0 Å². The number of nitrogens with two attached hydrogens (primary N) is 1. The molecular weight excluding hydrogens is 310 g/mol. The van der Waals surface area contributed by atoms with Crippen molar-refractivity contribution in [2.24, 2.45) is 5.73 Å². The highest BCUT2D eigenvalue weighted by molar-refractivity contribution is 7.99. The summed E-state index contributed by atoms with van der Waals surface area (Å²) in [5.41, 5.74) is 7.77. The first-order chi connectivity index (χ1) is 11.1. The van der Waals surface area contributed by atoms with E-state index in [4.69, 9.17) is 11.0 Å². The molecule has 0 heterocycles. The maximum Gasteiger partial charge on any atom is 0.248 e. The summed E-state index contributed by atoms with van der Waals surface area (Å²) < 4.78 is 0. The van der Waals surface area contributed by atoms with Crippen LogP contribution in [0.2, 0.25) is 0 Å². The number of hydrogen-bond acceptors (Lipinski definition) is 4. The molecule has 0 aliphatic carbocycles. The third kappa shape index (κ3) is 5.16. The molecule has 6 heteroatoms. The first-order valence-electron chi connectivity index (χ1n) is 6.85. The Bertz CT molecular complexity index is 751. The lowest BCUT2D eigenvalue weighted by Gasteiger charge is -2.06. The minimum Gasteiger partial charge on any atom is -0.366 e. The summed E-state index contributed by atoms with van der Waals surface area (Å²) in [6.45, 7) is 0. The number of nitrogens with zero attached hydrogens (tertiary/aromatic N) is 1. The number of carbonyl (C=O) groups is 2. The Morgan fingerprint density at radius 2 is 1.91 bits per heavy atom. The van der Waals surface area contributed by atoms with E-state index in [0.29, 0.717) is 28.3 Å². The molecule has 0 aliphatic rings. The first-order valence-corrected chi connectivity index (χ1v) is 8.00. The standard InChI is InChI=1S/C17H15N3O2S/c18-9-12-4-6-13(7-5-12)10-23-11-16(21)20-15-3-1-2-14(8-15)17(19)22/h1-8H,10-11H2,(H2,19,22)(H,20,21). The van der Waals surface area contributed by atoms with Crippen LogP contribution in [0.5, 0.6) is 0 Å². The van der Waals surface area contributed by atoms with Crippen molar-refractivity contribution < 1.29 is 9.59 Å². The van der Waals surface area contributed by atoms with Gasteiger partial charge in [-0.3, -0.25) is 9.59 Å². The van der Waals surface area contributed by atoms with Crippen LogP contribution >= 0.6 is 11.8 Å². The monoisotopic (exact) mass is 325 g/mol. The molecular formula is C17H15N3O2S. The molecule has 2 aromatic carbocycles. The van der Waals surface area contributed by atoms with Gasteiger partial charge in [-0.25, -0.2) is 0 Å². The normalized spacial score (nSPS) is 9.87. The largest absolute Gasteiger partial charge is 0.366 e. The molecule has 0 saturated carbocycles. The molecule has 0 aliphatic heterocycles. The lowest BCUT2D eigenvalue weighted by atomic mass is 10.2. The van der Waals surface area contributed by atoms with E-state index >= 15 is 0 Å². The fourth-order valence-corrected chi connectivity index (χ4v) is 2.67. The zero-order valence-electron chi connectivity index (χ0n) is 12.3. The summed E-state index contributed by atoms with van der Waals surface area (Å²) >= 11 is 1.47. The Morgan fingerprint density at radius 3 is 2.57 bits per heavy atom. The van der Waals surface area contributed by atoms with Gasteiger partial charge >= 0.3 is 0 Å². The van der Waals surface area contributed by atoms with E-state index in [1.165, 1.54) is 11.8 Å². The summed E-state index contributed by atoms with van der Waals surface area (Å²) in [6.07, 6.45) is 0. The second-order valence-electron chi connectivity index (χ2n) is 4.79. The molecule has 2 amide bonds. The van der Waals surface area contributed by atoms with Crippen molar-refractivity contribution in [1.29, 1.82) is 5.26 Å². The average molecular weight is 325 g/mol. The second-order valence-corrected chi connectivity index (χ2v) is 5.78. The molecule has 2 aromatic rings. The summed E-state index contributed by atoms with van der Waals surface area (Å²) in [6, 6.07) is 15.8. The van der Waals surface area contributed by atoms with Crippen molar-refractivity contribution in [2.45, 2.75) is 5.75 Å². The van der Waals surface area contributed by atoms with Gasteiger partial charge in [-0.1, -0.05) is 18.2 Å². The molecule has 0 spiro atoms. The number of hydrogen-bond donors (Lipinski definition) is 2. The SMILES string of the molecule is N#Cc1ccc(CSCC(=O)Nc2cccc(C(N)=O)c2)cc1. The number of nitriles is 1.